The standard InChI is InChI=1S/C25H33FN2O3/c1-5-7-14-27-25(30)22(6-2)28(16-20-10-12-21(26)13-11-20)24(29)17-31-23-15-18(3)8-9-19(23)4/h8-13,15,22H,5-7,14,16-17H2,1-4H3,(H,27,30)/t22-/m0/s1. The molecule has 1 N–H and O–H groups in total. The lowest BCUT2D eigenvalue weighted by molar-refractivity contribution is -0.143. The van der Waals surface area contributed by atoms with Crippen molar-refractivity contribution in [1.82, 2.24) is 10.2 Å². The van der Waals surface area contributed by atoms with Crippen molar-refractivity contribution in [3.63, 3.8) is 0 Å². The first-order valence-corrected chi connectivity index (χ1v) is 10.9. The SMILES string of the molecule is CCCCNC(=O)[C@H](CC)N(Cc1ccc(F)cc1)C(=O)COc1cc(C)ccc1C. The first-order valence-electron chi connectivity index (χ1n) is 10.9. The van der Waals surface area contributed by atoms with Gasteiger partial charge in [0.15, 0.2) is 6.61 Å². The Labute approximate surface area is 184 Å². The molecular formula is C25H33FN2O3. The highest BCUT2D eigenvalue weighted by Crippen LogP contribution is 2.20. The molecule has 2 rings (SSSR count). The van der Waals surface area contributed by atoms with E-state index in [4.69, 9.17) is 4.74 Å². The lowest BCUT2D eigenvalue weighted by atomic mass is 10.1. The maximum Gasteiger partial charge on any atom is 0.261 e. The number of amides is 2. The summed E-state index contributed by atoms with van der Waals surface area (Å²) in [4.78, 5) is 27.5. The molecule has 168 valence electrons. The summed E-state index contributed by atoms with van der Waals surface area (Å²) in [6.45, 7) is 8.41. The largest absolute Gasteiger partial charge is 0.483 e. The molecule has 1 atom stereocenters. The van der Waals surface area contributed by atoms with Crippen molar-refractivity contribution in [2.75, 3.05) is 13.2 Å². The van der Waals surface area contributed by atoms with Crippen molar-refractivity contribution in [3.05, 3.63) is 65.0 Å². The Morgan fingerprint density at radius 3 is 2.45 bits per heavy atom. The number of rotatable bonds is 11. The van der Waals surface area contributed by atoms with E-state index in [9.17, 15) is 14.0 Å². The van der Waals surface area contributed by atoms with E-state index in [1.165, 1.54) is 17.0 Å². The zero-order valence-electron chi connectivity index (χ0n) is 18.9. The summed E-state index contributed by atoms with van der Waals surface area (Å²) in [6, 6.07) is 11.2. The number of nitrogens with one attached hydrogen (secondary N) is 1. The maximum atomic E-state index is 13.3. The maximum absolute atomic E-state index is 13.3. The van der Waals surface area contributed by atoms with Gasteiger partial charge >= 0.3 is 0 Å². The number of hydrogen-bond donors (Lipinski definition) is 1. The third-order valence-electron chi connectivity index (χ3n) is 5.18. The van der Waals surface area contributed by atoms with Gasteiger partial charge in [-0.05, 0) is 61.6 Å². The predicted molar refractivity (Wildman–Crippen MR) is 120 cm³/mol. The van der Waals surface area contributed by atoms with Gasteiger partial charge in [-0.1, -0.05) is 44.5 Å². The third-order valence-corrected chi connectivity index (χ3v) is 5.18. The van der Waals surface area contributed by atoms with Crippen LogP contribution in [0.2, 0.25) is 0 Å². The average Bonchev–Trinajstić information content (AvgIpc) is 2.75. The Morgan fingerprint density at radius 2 is 1.81 bits per heavy atom. The van der Waals surface area contributed by atoms with Gasteiger partial charge in [-0.3, -0.25) is 9.59 Å². The number of carbonyl (C=O) groups is 2. The highest BCUT2D eigenvalue weighted by molar-refractivity contribution is 5.88. The summed E-state index contributed by atoms with van der Waals surface area (Å²) in [5.41, 5.74) is 2.73. The van der Waals surface area contributed by atoms with E-state index in [2.05, 4.69) is 12.2 Å². The van der Waals surface area contributed by atoms with E-state index in [0.717, 1.165) is 29.5 Å². The fourth-order valence-electron chi connectivity index (χ4n) is 3.30. The molecule has 6 heteroatoms. The molecule has 2 aromatic rings. The van der Waals surface area contributed by atoms with Crippen molar-refractivity contribution in [2.24, 2.45) is 0 Å². The summed E-state index contributed by atoms with van der Waals surface area (Å²) in [6.07, 6.45) is 2.32. The van der Waals surface area contributed by atoms with Crippen LogP contribution in [-0.4, -0.2) is 35.9 Å². The summed E-state index contributed by atoms with van der Waals surface area (Å²) in [5, 5.41) is 2.92. The van der Waals surface area contributed by atoms with Crippen LogP contribution >= 0.6 is 0 Å². The molecule has 31 heavy (non-hydrogen) atoms. The van der Waals surface area contributed by atoms with Crippen LogP contribution in [0.15, 0.2) is 42.5 Å². The Balaban J connectivity index is 2.19. The number of aryl methyl sites for hydroxylation is 2. The second kappa shape index (κ2) is 12.1. The van der Waals surface area contributed by atoms with Gasteiger partial charge in [-0.15, -0.1) is 0 Å². The van der Waals surface area contributed by atoms with Crippen LogP contribution in [0.3, 0.4) is 0 Å². The van der Waals surface area contributed by atoms with E-state index in [-0.39, 0.29) is 30.8 Å². The van der Waals surface area contributed by atoms with Gasteiger partial charge in [0, 0.05) is 13.1 Å². The topological polar surface area (TPSA) is 58.6 Å². The zero-order valence-corrected chi connectivity index (χ0v) is 18.9. The van der Waals surface area contributed by atoms with Crippen LogP contribution in [0.5, 0.6) is 5.75 Å². The molecular weight excluding hydrogens is 395 g/mol. The van der Waals surface area contributed by atoms with E-state index in [1.807, 2.05) is 39.0 Å². The Hall–Kier alpha value is -2.89. The first kappa shape index (κ1) is 24.4. The molecule has 0 radical (unpaired) electrons. The Kier molecular flexibility index (Phi) is 9.50. The van der Waals surface area contributed by atoms with Crippen LogP contribution in [-0.2, 0) is 16.1 Å². The summed E-state index contributed by atoms with van der Waals surface area (Å²) in [5.74, 6) is -0.166. The van der Waals surface area contributed by atoms with Crippen molar-refractivity contribution < 1.29 is 18.7 Å². The molecule has 2 amide bonds. The minimum atomic E-state index is -0.628. The second-order valence-electron chi connectivity index (χ2n) is 7.77. The molecule has 0 aliphatic rings. The third kappa shape index (κ3) is 7.39. The summed E-state index contributed by atoms with van der Waals surface area (Å²) in [7, 11) is 0. The van der Waals surface area contributed by atoms with Gasteiger partial charge in [0.2, 0.25) is 5.91 Å². The normalized spacial score (nSPS) is 11.6. The van der Waals surface area contributed by atoms with Gasteiger partial charge in [0.25, 0.3) is 5.91 Å². The molecule has 0 aliphatic carbocycles. The number of carbonyl (C=O) groups excluding carboxylic acids is 2. The van der Waals surface area contributed by atoms with Crippen molar-refractivity contribution in [3.8, 4) is 5.75 Å². The molecule has 2 aromatic carbocycles. The van der Waals surface area contributed by atoms with Crippen LogP contribution in [0.25, 0.3) is 0 Å². The zero-order chi connectivity index (χ0) is 22.8. The number of hydrogen-bond acceptors (Lipinski definition) is 3. The number of ether oxygens (including phenoxy) is 1. The summed E-state index contributed by atoms with van der Waals surface area (Å²) >= 11 is 0. The molecule has 0 fully saturated rings. The molecule has 0 bridgehead atoms. The van der Waals surface area contributed by atoms with Gasteiger partial charge in [0.1, 0.15) is 17.6 Å². The molecule has 5 nitrogen and oxygen atoms in total. The van der Waals surface area contributed by atoms with Gasteiger partial charge in [-0.2, -0.15) is 0 Å². The van der Waals surface area contributed by atoms with E-state index >= 15 is 0 Å². The molecule has 0 spiro atoms. The highest BCUT2D eigenvalue weighted by Gasteiger charge is 2.28. The highest BCUT2D eigenvalue weighted by atomic mass is 19.1. The molecule has 0 aromatic heterocycles. The number of benzene rings is 2. The average molecular weight is 429 g/mol. The van der Waals surface area contributed by atoms with Gasteiger partial charge in [-0.25, -0.2) is 4.39 Å². The quantitative estimate of drug-likeness (QED) is 0.535. The minimum absolute atomic E-state index is 0.176. The van der Waals surface area contributed by atoms with E-state index in [1.54, 1.807) is 12.1 Å². The van der Waals surface area contributed by atoms with E-state index < -0.39 is 6.04 Å². The van der Waals surface area contributed by atoms with Crippen LogP contribution in [0.4, 0.5) is 4.39 Å². The van der Waals surface area contributed by atoms with Crippen LogP contribution < -0.4 is 10.1 Å². The predicted octanol–water partition coefficient (Wildman–Crippen LogP) is 4.55. The monoisotopic (exact) mass is 428 g/mol. The van der Waals surface area contributed by atoms with Crippen molar-refractivity contribution in [1.29, 1.82) is 0 Å². The molecule has 0 saturated heterocycles. The lowest BCUT2D eigenvalue weighted by Gasteiger charge is -2.30. The van der Waals surface area contributed by atoms with Crippen LogP contribution in [0, 0.1) is 19.7 Å². The molecule has 0 heterocycles. The van der Waals surface area contributed by atoms with Gasteiger partial charge in [0.05, 0.1) is 0 Å². The number of nitrogens with zero attached hydrogens (tertiary/aromatic N) is 1. The van der Waals surface area contributed by atoms with Gasteiger partial charge < -0.3 is 15.0 Å². The molecule has 0 unspecified atom stereocenters. The fraction of sp³-hybridized carbons (Fsp3) is 0.440. The number of unbranched alkanes of at least 4 members (excludes halogenated alkanes) is 1. The van der Waals surface area contributed by atoms with Crippen molar-refractivity contribution >= 4 is 11.8 Å². The molecule has 0 aliphatic heterocycles. The second-order valence-corrected chi connectivity index (χ2v) is 7.77. The smallest absolute Gasteiger partial charge is 0.261 e. The van der Waals surface area contributed by atoms with E-state index in [0.29, 0.717) is 18.7 Å². The van der Waals surface area contributed by atoms with Crippen molar-refractivity contribution in [2.45, 2.75) is 59.5 Å². The lowest BCUT2D eigenvalue weighted by Crippen LogP contribution is -2.50. The fourth-order valence-corrected chi connectivity index (χ4v) is 3.30. The molecule has 0 saturated carbocycles. The number of halogens is 1. The minimum Gasteiger partial charge on any atom is -0.483 e. The van der Waals surface area contributed by atoms with Crippen LogP contribution in [0.1, 0.15) is 49.8 Å². The summed E-state index contributed by atoms with van der Waals surface area (Å²) < 4.78 is 19.1. The Morgan fingerprint density at radius 1 is 1.10 bits per heavy atom. The first-order chi connectivity index (χ1) is 14.8. The Bertz CT molecular complexity index is 868.